The highest BCUT2D eigenvalue weighted by molar-refractivity contribution is 6.05. The molecule has 0 aliphatic heterocycles. The minimum atomic E-state index is -0.170. The van der Waals surface area contributed by atoms with Crippen molar-refractivity contribution in [3.8, 4) is 11.8 Å². The molecule has 1 aromatic heterocycles. The summed E-state index contributed by atoms with van der Waals surface area (Å²) in [5.41, 5.74) is 8.64. The van der Waals surface area contributed by atoms with Gasteiger partial charge < -0.3 is 15.5 Å². The van der Waals surface area contributed by atoms with Crippen molar-refractivity contribution in [3.63, 3.8) is 0 Å². The van der Waals surface area contributed by atoms with Gasteiger partial charge in [-0.15, -0.1) is 0 Å². The van der Waals surface area contributed by atoms with Crippen LogP contribution >= 0.6 is 0 Å². The third-order valence-electron chi connectivity index (χ3n) is 3.17. The summed E-state index contributed by atoms with van der Waals surface area (Å²) in [4.78, 5) is 12.2. The lowest BCUT2D eigenvalue weighted by molar-refractivity contribution is 0.102. The molecule has 0 atom stereocenters. The first-order chi connectivity index (χ1) is 10.2. The van der Waals surface area contributed by atoms with Crippen molar-refractivity contribution in [2.45, 2.75) is 20.3 Å². The molecule has 3 N–H and O–H groups in total. The summed E-state index contributed by atoms with van der Waals surface area (Å²) in [6.07, 6.45) is 2.31. The zero-order valence-corrected chi connectivity index (χ0v) is 12.2. The molecule has 2 aromatic rings. The molecule has 0 saturated heterocycles. The molecule has 1 aromatic carbocycles. The molecule has 0 aliphatic rings. The topological polar surface area (TPSA) is 68.3 Å². The van der Waals surface area contributed by atoms with Gasteiger partial charge >= 0.3 is 0 Å². The molecule has 1 amide bonds. The molecular formula is C17H18N2O2. The normalized spacial score (nSPS) is 9.86. The Hall–Kier alpha value is -2.51. The van der Waals surface area contributed by atoms with Gasteiger partial charge in [0.25, 0.3) is 5.91 Å². The van der Waals surface area contributed by atoms with Crippen molar-refractivity contribution < 1.29 is 9.21 Å². The van der Waals surface area contributed by atoms with E-state index in [1.807, 2.05) is 25.1 Å². The van der Waals surface area contributed by atoms with Gasteiger partial charge in [0.2, 0.25) is 0 Å². The zero-order chi connectivity index (χ0) is 15.2. The summed E-state index contributed by atoms with van der Waals surface area (Å²) in [6.45, 7) is 4.13. The van der Waals surface area contributed by atoms with Gasteiger partial charge in [0.15, 0.2) is 0 Å². The molecule has 0 fully saturated rings. The second-order valence-corrected chi connectivity index (χ2v) is 4.58. The SMILES string of the molecule is CCc1cc(C#CCN)ccc1NC(=O)c1ccoc1C. The zero-order valence-electron chi connectivity index (χ0n) is 12.2. The summed E-state index contributed by atoms with van der Waals surface area (Å²) in [5.74, 6) is 6.26. The van der Waals surface area contributed by atoms with Crippen molar-refractivity contribution in [2.24, 2.45) is 5.73 Å². The van der Waals surface area contributed by atoms with Crippen LogP contribution in [0.1, 0.15) is 34.2 Å². The quantitative estimate of drug-likeness (QED) is 0.850. The lowest BCUT2D eigenvalue weighted by Crippen LogP contribution is -2.13. The van der Waals surface area contributed by atoms with Crippen LogP contribution in [0, 0.1) is 18.8 Å². The van der Waals surface area contributed by atoms with Crippen LogP contribution in [0.3, 0.4) is 0 Å². The van der Waals surface area contributed by atoms with E-state index in [2.05, 4.69) is 17.2 Å². The summed E-state index contributed by atoms with van der Waals surface area (Å²) < 4.78 is 5.15. The van der Waals surface area contributed by atoms with Crippen LogP contribution in [-0.2, 0) is 6.42 Å². The fraction of sp³-hybridized carbons (Fsp3) is 0.235. The third kappa shape index (κ3) is 3.53. The Labute approximate surface area is 124 Å². The molecule has 0 aliphatic carbocycles. The number of carbonyl (C=O) groups excluding carboxylic acids is 1. The van der Waals surface area contributed by atoms with Crippen molar-refractivity contribution in [3.05, 3.63) is 53.0 Å². The van der Waals surface area contributed by atoms with Gasteiger partial charge in [-0.1, -0.05) is 18.8 Å². The van der Waals surface area contributed by atoms with E-state index in [4.69, 9.17) is 10.2 Å². The first-order valence-electron chi connectivity index (χ1n) is 6.83. The summed E-state index contributed by atoms with van der Waals surface area (Å²) >= 11 is 0. The number of anilines is 1. The predicted molar refractivity (Wildman–Crippen MR) is 83.2 cm³/mol. The Morgan fingerprint density at radius 3 is 2.81 bits per heavy atom. The molecule has 0 saturated carbocycles. The summed E-state index contributed by atoms with van der Waals surface area (Å²) in [6, 6.07) is 7.38. The number of amides is 1. The van der Waals surface area contributed by atoms with Crippen molar-refractivity contribution in [1.29, 1.82) is 0 Å². The molecule has 108 valence electrons. The Morgan fingerprint density at radius 2 is 2.19 bits per heavy atom. The van der Waals surface area contributed by atoms with E-state index in [1.54, 1.807) is 13.0 Å². The third-order valence-corrected chi connectivity index (χ3v) is 3.17. The second-order valence-electron chi connectivity index (χ2n) is 4.58. The number of furan rings is 1. The summed E-state index contributed by atoms with van der Waals surface area (Å²) in [7, 11) is 0. The van der Waals surface area contributed by atoms with Crippen molar-refractivity contribution in [2.75, 3.05) is 11.9 Å². The monoisotopic (exact) mass is 282 g/mol. The molecule has 4 heteroatoms. The van der Waals surface area contributed by atoms with Gasteiger partial charge in [0.05, 0.1) is 18.4 Å². The van der Waals surface area contributed by atoms with Crippen molar-refractivity contribution in [1.82, 2.24) is 0 Å². The molecule has 21 heavy (non-hydrogen) atoms. The Morgan fingerprint density at radius 1 is 1.38 bits per heavy atom. The Balaban J connectivity index is 2.24. The standard InChI is InChI=1S/C17H18N2O2/c1-3-14-11-13(5-4-9-18)6-7-16(14)19-17(20)15-8-10-21-12(15)2/h6-8,10-11H,3,9,18H2,1-2H3,(H,19,20). The van der Waals surface area contributed by atoms with Gasteiger partial charge in [-0.2, -0.15) is 0 Å². The van der Waals surface area contributed by atoms with Crippen LogP contribution < -0.4 is 11.1 Å². The number of hydrogen-bond acceptors (Lipinski definition) is 3. The van der Waals surface area contributed by atoms with E-state index in [0.29, 0.717) is 17.9 Å². The van der Waals surface area contributed by atoms with Crippen LogP contribution in [0.25, 0.3) is 0 Å². The van der Waals surface area contributed by atoms with Crippen LogP contribution in [0.2, 0.25) is 0 Å². The van der Waals surface area contributed by atoms with E-state index in [9.17, 15) is 4.79 Å². The van der Waals surface area contributed by atoms with Gasteiger partial charge in [0, 0.05) is 11.3 Å². The summed E-state index contributed by atoms with van der Waals surface area (Å²) in [5, 5.41) is 2.92. The van der Waals surface area contributed by atoms with Gasteiger partial charge in [-0.05, 0) is 43.2 Å². The highest BCUT2D eigenvalue weighted by Crippen LogP contribution is 2.20. The first-order valence-corrected chi connectivity index (χ1v) is 6.83. The van der Waals surface area contributed by atoms with Crippen LogP contribution in [0.4, 0.5) is 5.69 Å². The number of rotatable bonds is 3. The molecule has 0 bridgehead atoms. The maximum absolute atomic E-state index is 12.2. The molecular weight excluding hydrogens is 264 g/mol. The van der Waals surface area contributed by atoms with E-state index in [1.165, 1.54) is 6.26 Å². The van der Waals surface area contributed by atoms with Gasteiger partial charge in [-0.25, -0.2) is 0 Å². The largest absolute Gasteiger partial charge is 0.469 e. The minimum absolute atomic E-state index is 0.170. The minimum Gasteiger partial charge on any atom is -0.469 e. The number of nitrogens with one attached hydrogen (secondary N) is 1. The molecule has 2 rings (SSSR count). The maximum atomic E-state index is 12.2. The molecule has 0 spiro atoms. The highest BCUT2D eigenvalue weighted by Gasteiger charge is 2.13. The van der Waals surface area contributed by atoms with E-state index in [0.717, 1.165) is 23.2 Å². The average Bonchev–Trinajstić information content (AvgIpc) is 2.92. The van der Waals surface area contributed by atoms with Crippen molar-refractivity contribution >= 4 is 11.6 Å². The fourth-order valence-corrected chi connectivity index (χ4v) is 2.05. The maximum Gasteiger partial charge on any atom is 0.259 e. The van der Waals surface area contributed by atoms with E-state index >= 15 is 0 Å². The van der Waals surface area contributed by atoms with Crippen LogP contribution in [0.5, 0.6) is 0 Å². The lowest BCUT2D eigenvalue weighted by atomic mass is 10.1. The van der Waals surface area contributed by atoms with Crippen LogP contribution in [0.15, 0.2) is 34.9 Å². The van der Waals surface area contributed by atoms with Gasteiger partial charge in [0.1, 0.15) is 5.76 Å². The second kappa shape index (κ2) is 6.78. The predicted octanol–water partition coefficient (Wildman–Crippen LogP) is 2.71. The number of benzene rings is 1. The fourth-order valence-electron chi connectivity index (χ4n) is 2.05. The molecule has 0 unspecified atom stereocenters. The number of carbonyl (C=O) groups is 1. The van der Waals surface area contributed by atoms with E-state index < -0.39 is 0 Å². The van der Waals surface area contributed by atoms with Crippen LogP contribution in [-0.4, -0.2) is 12.5 Å². The lowest BCUT2D eigenvalue weighted by Gasteiger charge is -2.10. The first kappa shape index (κ1) is 14.9. The smallest absolute Gasteiger partial charge is 0.259 e. The Kier molecular flexibility index (Phi) is 4.81. The number of aryl methyl sites for hydroxylation is 2. The molecule has 0 radical (unpaired) electrons. The highest BCUT2D eigenvalue weighted by atomic mass is 16.3. The average molecular weight is 282 g/mol. The number of nitrogens with two attached hydrogens (primary N) is 1. The van der Waals surface area contributed by atoms with Gasteiger partial charge in [-0.3, -0.25) is 4.79 Å². The molecule has 4 nitrogen and oxygen atoms in total. The number of hydrogen-bond donors (Lipinski definition) is 2. The Bertz CT molecular complexity index is 705. The molecule has 1 heterocycles. The van der Waals surface area contributed by atoms with E-state index in [-0.39, 0.29) is 5.91 Å².